The number of ketones is 1. The average Bonchev–Trinajstić information content (AvgIpc) is 3.44. The lowest BCUT2D eigenvalue weighted by molar-refractivity contribution is -0.249. The molecule has 4 heteroatoms. The van der Waals surface area contributed by atoms with Gasteiger partial charge in [-0.1, -0.05) is 50.1 Å². The first-order valence-corrected chi connectivity index (χ1v) is 12.3. The zero-order valence-corrected chi connectivity index (χ0v) is 19.3. The predicted molar refractivity (Wildman–Crippen MR) is 122 cm³/mol. The van der Waals surface area contributed by atoms with Gasteiger partial charge in [0.05, 0.1) is 20.3 Å². The Bertz CT molecular complexity index is 974. The van der Waals surface area contributed by atoms with Crippen molar-refractivity contribution in [3.05, 3.63) is 54.6 Å². The zero-order chi connectivity index (χ0) is 22.2. The van der Waals surface area contributed by atoms with Crippen molar-refractivity contribution in [3.63, 3.8) is 0 Å². The number of ether oxygens (including phenoxy) is 3. The van der Waals surface area contributed by atoms with Crippen molar-refractivity contribution in [2.24, 2.45) is 28.6 Å². The monoisotopic (exact) mass is 434 g/mol. The Morgan fingerprint density at radius 2 is 1.84 bits per heavy atom. The molecule has 170 valence electrons. The molecule has 0 aromatic heterocycles. The molecule has 1 aromatic carbocycles. The van der Waals surface area contributed by atoms with Crippen LogP contribution in [0, 0.1) is 28.6 Å². The van der Waals surface area contributed by atoms with E-state index >= 15 is 0 Å². The lowest BCUT2D eigenvalue weighted by Crippen LogP contribution is -2.59. The van der Waals surface area contributed by atoms with E-state index in [0.29, 0.717) is 31.8 Å². The van der Waals surface area contributed by atoms with E-state index < -0.39 is 5.79 Å². The fraction of sp³-hybridized carbons (Fsp3) is 0.607. The summed E-state index contributed by atoms with van der Waals surface area (Å²) in [6, 6.07) is 8.47. The van der Waals surface area contributed by atoms with Crippen LogP contribution in [-0.4, -0.2) is 31.9 Å². The average molecular weight is 435 g/mol. The van der Waals surface area contributed by atoms with Crippen LogP contribution in [0.1, 0.15) is 51.0 Å². The molecule has 1 spiro atoms. The first-order valence-electron chi connectivity index (χ1n) is 12.3. The van der Waals surface area contributed by atoms with Crippen molar-refractivity contribution < 1.29 is 19.0 Å². The van der Waals surface area contributed by atoms with E-state index in [1.165, 1.54) is 18.4 Å². The van der Waals surface area contributed by atoms with E-state index in [1.807, 2.05) is 18.2 Å². The summed E-state index contributed by atoms with van der Waals surface area (Å²) < 4.78 is 18.5. The van der Waals surface area contributed by atoms with Gasteiger partial charge in [0.15, 0.2) is 5.79 Å². The summed E-state index contributed by atoms with van der Waals surface area (Å²) in [6.07, 6.45) is 12.7. The molecule has 1 aliphatic heterocycles. The Morgan fingerprint density at radius 3 is 2.53 bits per heavy atom. The fourth-order valence-corrected chi connectivity index (χ4v) is 8.83. The summed E-state index contributed by atoms with van der Waals surface area (Å²) in [5.74, 6) is 0.389. The summed E-state index contributed by atoms with van der Waals surface area (Å²) in [4.78, 5) is 14.3. The van der Waals surface area contributed by atoms with Gasteiger partial charge in [0.2, 0.25) is 0 Å². The van der Waals surface area contributed by atoms with Crippen LogP contribution in [0.5, 0.6) is 5.75 Å². The van der Waals surface area contributed by atoms with Crippen LogP contribution >= 0.6 is 0 Å². The van der Waals surface area contributed by atoms with Crippen LogP contribution in [0.25, 0.3) is 0 Å². The Kier molecular flexibility index (Phi) is 4.40. The third-order valence-electron chi connectivity index (χ3n) is 9.99. The third kappa shape index (κ3) is 2.19. The lowest BCUT2D eigenvalue weighted by atomic mass is 9.52. The molecule has 3 saturated carbocycles. The molecule has 4 fully saturated rings. The summed E-state index contributed by atoms with van der Waals surface area (Å²) in [5, 5.41) is 0. The van der Waals surface area contributed by atoms with Crippen LogP contribution in [0.3, 0.4) is 0 Å². The minimum absolute atomic E-state index is 0.0385. The van der Waals surface area contributed by atoms with Crippen molar-refractivity contribution in [2.75, 3.05) is 20.3 Å². The van der Waals surface area contributed by atoms with Gasteiger partial charge in [-0.05, 0) is 42.4 Å². The van der Waals surface area contributed by atoms with Crippen molar-refractivity contribution >= 4 is 5.78 Å². The Balaban J connectivity index is 1.61. The quantitative estimate of drug-likeness (QED) is 0.609. The number of rotatable bonds is 4. The standard InChI is InChI=1S/C28H34O4/c1-4-7-19-18-28(31-16-17-32-28)24-22(23(19)29)27(20-8-10-21(30-3)11-9-20)15-14-26(24)13-6-5-12-25(26,27)2/h4,8-11,14-15,19,22,24H,1,5-7,12-13,16-18H2,2-3H3/t19-,22+,24-,25-,26-,27+/m0/s1. The molecule has 0 amide bonds. The normalized spacial score (nSPS) is 43.3. The van der Waals surface area contributed by atoms with Crippen LogP contribution in [0.15, 0.2) is 49.1 Å². The van der Waals surface area contributed by atoms with Crippen molar-refractivity contribution in [1.29, 1.82) is 0 Å². The highest BCUT2D eigenvalue weighted by atomic mass is 16.7. The Morgan fingerprint density at radius 1 is 1.12 bits per heavy atom. The maximum absolute atomic E-state index is 14.3. The topological polar surface area (TPSA) is 44.8 Å². The second-order valence-electron chi connectivity index (χ2n) is 10.8. The molecule has 1 saturated heterocycles. The highest BCUT2D eigenvalue weighted by Gasteiger charge is 2.82. The van der Waals surface area contributed by atoms with Crippen LogP contribution in [-0.2, 0) is 19.7 Å². The van der Waals surface area contributed by atoms with Gasteiger partial charge in [-0.2, -0.15) is 0 Å². The Hall–Kier alpha value is -1.91. The SMILES string of the molecule is C=CC[C@H]1CC2(OCCO2)[C@H]2[C@@H](C1=O)[C@]1(c3ccc(OC)cc3)C=C[C@@]23CCCC[C@@]31C. The smallest absolute Gasteiger partial charge is 0.173 e. The largest absolute Gasteiger partial charge is 0.497 e. The first-order chi connectivity index (χ1) is 15.5. The van der Waals surface area contributed by atoms with Gasteiger partial charge in [-0.25, -0.2) is 0 Å². The highest BCUT2D eigenvalue weighted by molar-refractivity contribution is 5.89. The van der Waals surface area contributed by atoms with Gasteiger partial charge in [0.1, 0.15) is 11.5 Å². The molecule has 2 bridgehead atoms. The van der Waals surface area contributed by atoms with Crippen LogP contribution < -0.4 is 4.74 Å². The Labute approximate surface area is 191 Å². The molecule has 6 atom stereocenters. The summed E-state index contributed by atoms with van der Waals surface area (Å²) in [7, 11) is 1.70. The van der Waals surface area contributed by atoms with E-state index in [9.17, 15) is 4.79 Å². The summed E-state index contributed by atoms with van der Waals surface area (Å²) >= 11 is 0. The summed E-state index contributed by atoms with van der Waals surface area (Å²) in [6.45, 7) is 7.64. The predicted octanol–water partition coefficient (Wildman–Crippen LogP) is 5.22. The number of hydrogen-bond acceptors (Lipinski definition) is 4. The van der Waals surface area contributed by atoms with Gasteiger partial charge in [0.25, 0.3) is 0 Å². The molecule has 4 aliphatic carbocycles. The molecule has 0 unspecified atom stereocenters. The third-order valence-corrected chi connectivity index (χ3v) is 9.99. The van der Waals surface area contributed by atoms with Gasteiger partial charge >= 0.3 is 0 Å². The number of carbonyl (C=O) groups is 1. The van der Waals surface area contributed by atoms with Crippen LogP contribution in [0.2, 0.25) is 0 Å². The number of allylic oxidation sites excluding steroid dienone is 3. The first kappa shape index (κ1) is 20.7. The minimum atomic E-state index is -0.663. The number of fused-ring (bicyclic) bond motifs is 3. The van der Waals surface area contributed by atoms with Crippen molar-refractivity contribution in [2.45, 2.75) is 56.7 Å². The molecule has 4 nitrogen and oxygen atoms in total. The minimum Gasteiger partial charge on any atom is -0.497 e. The summed E-state index contributed by atoms with van der Waals surface area (Å²) in [5.41, 5.74) is 0.774. The van der Waals surface area contributed by atoms with Crippen LogP contribution in [0.4, 0.5) is 0 Å². The van der Waals surface area contributed by atoms with Gasteiger partial charge in [0, 0.05) is 35.0 Å². The number of Topliss-reactive ketones (excluding diaryl/α,β-unsaturated/α-hetero) is 1. The number of methoxy groups -OCH3 is 1. The highest BCUT2D eigenvalue weighted by Crippen LogP contribution is 2.81. The lowest BCUT2D eigenvalue weighted by Gasteiger charge is -2.53. The molecule has 5 aliphatic rings. The zero-order valence-electron chi connectivity index (χ0n) is 19.3. The van der Waals surface area contributed by atoms with E-state index in [2.05, 4.69) is 37.8 Å². The van der Waals surface area contributed by atoms with Crippen molar-refractivity contribution in [3.8, 4) is 5.75 Å². The molecular formula is C28H34O4. The molecule has 0 radical (unpaired) electrons. The molecular weight excluding hydrogens is 400 g/mol. The number of benzene rings is 1. The van der Waals surface area contributed by atoms with Gasteiger partial charge in [-0.15, -0.1) is 6.58 Å². The van der Waals surface area contributed by atoms with Gasteiger partial charge < -0.3 is 14.2 Å². The van der Waals surface area contributed by atoms with Crippen molar-refractivity contribution in [1.82, 2.24) is 0 Å². The molecule has 6 rings (SSSR count). The molecule has 1 aromatic rings. The maximum atomic E-state index is 14.3. The maximum Gasteiger partial charge on any atom is 0.173 e. The van der Waals surface area contributed by atoms with E-state index in [0.717, 1.165) is 18.6 Å². The van der Waals surface area contributed by atoms with E-state index in [1.54, 1.807) is 7.11 Å². The molecule has 1 heterocycles. The molecule has 0 N–H and O–H groups in total. The number of hydrogen-bond donors (Lipinski definition) is 0. The number of carbonyl (C=O) groups excluding carboxylic acids is 1. The molecule has 32 heavy (non-hydrogen) atoms. The fourth-order valence-electron chi connectivity index (χ4n) is 8.83. The van der Waals surface area contributed by atoms with E-state index in [4.69, 9.17) is 14.2 Å². The van der Waals surface area contributed by atoms with Gasteiger partial charge in [-0.3, -0.25) is 4.79 Å². The van der Waals surface area contributed by atoms with E-state index in [-0.39, 0.29) is 34.0 Å². The second kappa shape index (κ2) is 6.80. The second-order valence-corrected chi connectivity index (χ2v) is 10.8.